The second kappa shape index (κ2) is 7.06. The summed E-state index contributed by atoms with van der Waals surface area (Å²) < 4.78 is 22.7. The summed E-state index contributed by atoms with van der Waals surface area (Å²) in [6.45, 7) is 2.10. The number of pyridine rings is 1. The number of halogens is 1. The summed E-state index contributed by atoms with van der Waals surface area (Å²) in [6, 6.07) is 10.0. The molecule has 0 saturated carbocycles. The molecule has 9 nitrogen and oxygen atoms in total. The largest absolute Gasteiger partial charge is 0.472 e. The van der Waals surface area contributed by atoms with Gasteiger partial charge in [-0.25, -0.2) is 18.9 Å². The molecule has 0 unspecified atom stereocenters. The van der Waals surface area contributed by atoms with Gasteiger partial charge in [-0.1, -0.05) is 12.1 Å². The summed E-state index contributed by atoms with van der Waals surface area (Å²) in [6.07, 6.45) is 2.79. The molecule has 28 heavy (non-hydrogen) atoms. The molecule has 1 aromatic carbocycles. The van der Waals surface area contributed by atoms with Crippen molar-refractivity contribution in [3.63, 3.8) is 0 Å². The third kappa shape index (κ3) is 3.27. The van der Waals surface area contributed by atoms with Crippen LogP contribution in [0.2, 0.25) is 0 Å². The number of aromatic nitrogens is 7. The lowest BCUT2D eigenvalue weighted by Gasteiger charge is -2.11. The van der Waals surface area contributed by atoms with Gasteiger partial charge >= 0.3 is 5.69 Å². The van der Waals surface area contributed by atoms with Crippen LogP contribution in [0.15, 0.2) is 53.6 Å². The van der Waals surface area contributed by atoms with Crippen molar-refractivity contribution in [2.24, 2.45) is 7.05 Å². The molecule has 3 aromatic heterocycles. The van der Waals surface area contributed by atoms with E-state index in [1.54, 1.807) is 18.3 Å². The summed E-state index contributed by atoms with van der Waals surface area (Å²) in [4.78, 5) is 16.2. The topological polar surface area (TPSA) is 92.7 Å². The van der Waals surface area contributed by atoms with Gasteiger partial charge in [-0.3, -0.25) is 0 Å². The summed E-state index contributed by atoms with van der Waals surface area (Å²) in [5, 5.41) is 11.9. The highest BCUT2D eigenvalue weighted by Crippen LogP contribution is 2.19. The van der Waals surface area contributed by atoms with E-state index < -0.39 is 5.82 Å². The Balaban J connectivity index is 1.58. The zero-order chi connectivity index (χ0) is 19.7. The van der Waals surface area contributed by atoms with E-state index >= 15 is 0 Å². The minimum atomic E-state index is -0.418. The van der Waals surface area contributed by atoms with Gasteiger partial charge in [0.15, 0.2) is 5.82 Å². The zero-order valence-electron chi connectivity index (χ0n) is 15.2. The number of benzene rings is 1. The Morgan fingerprint density at radius 1 is 1.14 bits per heavy atom. The fraction of sp³-hybridized carbons (Fsp3) is 0.167. The summed E-state index contributed by atoms with van der Waals surface area (Å²) in [7, 11) is 1.54. The maximum atomic E-state index is 13.0. The number of hydrogen-bond acceptors (Lipinski definition) is 6. The Labute approximate surface area is 158 Å². The molecule has 0 aliphatic rings. The van der Waals surface area contributed by atoms with Crippen LogP contribution in [0.3, 0.4) is 0 Å². The van der Waals surface area contributed by atoms with E-state index in [1.807, 2.05) is 19.1 Å². The highest BCUT2D eigenvalue weighted by Gasteiger charge is 2.14. The third-order valence-corrected chi connectivity index (χ3v) is 4.21. The molecule has 0 amide bonds. The van der Waals surface area contributed by atoms with Crippen LogP contribution in [-0.4, -0.2) is 34.6 Å². The first kappa shape index (κ1) is 17.6. The quantitative estimate of drug-likeness (QED) is 0.521. The lowest BCUT2D eigenvalue weighted by atomic mass is 10.1. The fourth-order valence-corrected chi connectivity index (χ4v) is 2.70. The first-order chi connectivity index (χ1) is 13.5. The van der Waals surface area contributed by atoms with Crippen molar-refractivity contribution >= 4 is 0 Å². The average molecular weight is 381 g/mol. The predicted molar refractivity (Wildman–Crippen MR) is 97.0 cm³/mol. The SMILES string of the molecule is Cc1cccc(-n2nnn(C)c2=O)c1COc1ccn(-c2ccc(F)cn2)n1. The smallest absolute Gasteiger partial charge is 0.368 e. The van der Waals surface area contributed by atoms with Crippen molar-refractivity contribution in [1.82, 2.24) is 34.6 Å². The van der Waals surface area contributed by atoms with E-state index in [0.717, 1.165) is 22.0 Å². The second-order valence-electron chi connectivity index (χ2n) is 6.09. The molecule has 3 heterocycles. The summed E-state index contributed by atoms with van der Waals surface area (Å²) in [5.74, 6) is 0.421. The maximum Gasteiger partial charge on any atom is 0.368 e. The third-order valence-electron chi connectivity index (χ3n) is 4.21. The number of nitrogens with zero attached hydrogens (tertiary/aromatic N) is 7. The van der Waals surface area contributed by atoms with E-state index in [0.29, 0.717) is 17.4 Å². The minimum absolute atomic E-state index is 0.179. The van der Waals surface area contributed by atoms with Gasteiger partial charge in [-0.2, -0.15) is 9.36 Å². The molecule has 0 N–H and O–H groups in total. The van der Waals surface area contributed by atoms with Gasteiger partial charge in [0.05, 0.1) is 11.9 Å². The highest BCUT2D eigenvalue weighted by molar-refractivity contribution is 5.44. The van der Waals surface area contributed by atoms with Crippen LogP contribution in [0.25, 0.3) is 11.5 Å². The molecule has 4 rings (SSSR count). The molecule has 0 saturated heterocycles. The summed E-state index contributed by atoms with van der Waals surface area (Å²) in [5.41, 5.74) is 1.98. The standard InChI is InChI=1S/C18H16FN7O2/c1-12-4-3-5-15(26-18(27)24(2)22-23-26)14(12)11-28-17-8-9-25(21-17)16-7-6-13(19)10-20-16/h3-10H,11H2,1-2H3. The van der Waals surface area contributed by atoms with Crippen molar-refractivity contribution in [3.05, 3.63) is 76.2 Å². The van der Waals surface area contributed by atoms with E-state index in [-0.39, 0.29) is 12.3 Å². The number of ether oxygens (including phenoxy) is 1. The summed E-state index contributed by atoms with van der Waals surface area (Å²) >= 11 is 0. The lowest BCUT2D eigenvalue weighted by Crippen LogP contribution is -2.23. The predicted octanol–water partition coefficient (Wildman–Crippen LogP) is 1.57. The Morgan fingerprint density at radius 3 is 2.71 bits per heavy atom. The number of aryl methyl sites for hydroxylation is 2. The first-order valence-electron chi connectivity index (χ1n) is 8.41. The number of tetrazole rings is 1. The minimum Gasteiger partial charge on any atom is -0.472 e. The molecule has 0 radical (unpaired) electrons. The molecule has 142 valence electrons. The average Bonchev–Trinajstić information content (AvgIpc) is 3.29. The second-order valence-corrected chi connectivity index (χ2v) is 6.09. The molecule has 0 spiro atoms. The van der Waals surface area contributed by atoms with Crippen molar-refractivity contribution < 1.29 is 9.13 Å². The molecule has 10 heteroatoms. The Hall–Kier alpha value is -3.82. The van der Waals surface area contributed by atoms with Crippen LogP contribution in [0.5, 0.6) is 5.88 Å². The van der Waals surface area contributed by atoms with Crippen LogP contribution < -0.4 is 10.4 Å². The Morgan fingerprint density at radius 2 is 2.00 bits per heavy atom. The Bertz CT molecular complexity index is 1180. The van der Waals surface area contributed by atoms with Crippen molar-refractivity contribution in [1.29, 1.82) is 0 Å². The van der Waals surface area contributed by atoms with Gasteiger partial charge in [0.2, 0.25) is 5.88 Å². The normalized spacial score (nSPS) is 11.0. The van der Waals surface area contributed by atoms with E-state index in [2.05, 4.69) is 20.5 Å². The van der Waals surface area contributed by atoms with Gasteiger partial charge in [-0.15, -0.1) is 5.10 Å². The van der Waals surface area contributed by atoms with Crippen LogP contribution >= 0.6 is 0 Å². The number of hydrogen-bond donors (Lipinski definition) is 0. The van der Waals surface area contributed by atoms with Gasteiger partial charge in [0, 0.05) is 24.9 Å². The van der Waals surface area contributed by atoms with E-state index in [9.17, 15) is 9.18 Å². The molecule has 0 aliphatic heterocycles. The number of rotatable bonds is 5. The van der Waals surface area contributed by atoms with E-state index in [1.165, 1.54) is 28.5 Å². The first-order valence-corrected chi connectivity index (χ1v) is 8.41. The van der Waals surface area contributed by atoms with Gasteiger partial charge in [0.1, 0.15) is 12.4 Å². The maximum absolute atomic E-state index is 13.0. The molecular weight excluding hydrogens is 365 g/mol. The van der Waals surface area contributed by atoms with Gasteiger partial charge in [-0.05, 0) is 41.1 Å². The lowest BCUT2D eigenvalue weighted by molar-refractivity contribution is 0.290. The monoisotopic (exact) mass is 381 g/mol. The van der Waals surface area contributed by atoms with Crippen LogP contribution in [0.4, 0.5) is 4.39 Å². The van der Waals surface area contributed by atoms with Crippen molar-refractivity contribution in [2.45, 2.75) is 13.5 Å². The zero-order valence-corrected chi connectivity index (χ0v) is 15.2. The van der Waals surface area contributed by atoms with Crippen LogP contribution in [-0.2, 0) is 13.7 Å². The molecule has 0 bridgehead atoms. The van der Waals surface area contributed by atoms with Gasteiger partial charge < -0.3 is 4.74 Å². The molecule has 0 atom stereocenters. The van der Waals surface area contributed by atoms with Crippen LogP contribution in [0, 0.1) is 12.7 Å². The highest BCUT2D eigenvalue weighted by atomic mass is 19.1. The Kier molecular flexibility index (Phi) is 4.44. The molecular formula is C18H16FN7O2. The molecule has 0 fully saturated rings. The van der Waals surface area contributed by atoms with Crippen molar-refractivity contribution in [2.75, 3.05) is 0 Å². The van der Waals surface area contributed by atoms with E-state index in [4.69, 9.17) is 4.74 Å². The fourth-order valence-electron chi connectivity index (χ4n) is 2.70. The van der Waals surface area contributed by atoms with Crippen molar-refractivity contribution in [3.8, 4) is 17.4 Å². The molecule has 4 aromatic rings. The van der Waals surface area contributed by atoms with Gasteiger partial charge in [0.25, 0.3) is 0 Å². The van der Waals surface area contributed by atoms with Crippen LogP contribution in [0.1, 0.15) is 11.1 Å². The molecule has 0 aliphatic carbocycles.